The highest BCUT2D eigenvalue weighted by molar-refractivity contribution is 5.90. The van der Waals surface area contributed by atoms with E-state index in [1.807, 2.05) is 60.7 Å². The molecule has 0 saturated carbocycles. The van der Waals surface area contributed by atoms with E-state index < -0.39 is 66.5 Å². The van der Waals surface area contributed by atoms with E-state index in [1.54, 1.807) is 34.6 Å². The lowest BCUT2D eigenvalue weighted by Crippen LogP contribution is -2.58. The second-order valence-electron chi connectivity index (χ2n) is 12.6. The summed E-state index contributed by atoms with van der Waals surface area (Å²) < 4.78 is 5.40. The number of amides is 3. The van der Waals surface area contributed by atoms with Crippen molar-refractivity contribution in [1.29, 1.82) is 0 Å². The van der Waals surface area contributed by atoms with E-state index in [4.69, 9.17) is 10.5 Å². The van der Waals surface area contributed by atoms with Crippen molar-refractivity contribution in [3.05, 3.63) is 71.8 Å². The number of rotatable bonds is 17. The minimum absolute atomic E-state index is 0.00737. The molecule has 0 unspecified atom stereocenters. The molecule has 45 heavy (non-hydrogen) atoms. The Morgan fingerprint density at radius 3 is 1.67 bits per heavy atom. The molecule has 0 aliphatic rings. The second-order valence-corrected chi connectivity index (χ2v) is 12.6. The Bertz CT molecular complexity index is 1180. The van der Waals surface area contributed by atoms with Gasteiger partial charge in [0.1, 0.15) is 17.7 Å². The molecular formula is C33H51N5O7. The lowest BCUT2D eigenvalue weighted by Gasteiger charge is -2.30. The monoisotopic (exact) mass is 629 g/mol. The Hall–Kier alpha value is -3.55. The van der Waals surface area contributed by atoms with Crippen LogP contribution >= 0.6 is 0 Å². The Morgan fingerprint density at radius 1 is 0.778 bits per heavy atom. The van der Waals surface area contributed by atoms with E-state index in [9.17, 15) is 29.7 Å². The molecule has 0 aliphatic heterocycles. The maximum Gasteiger partial charge on any atom is 0.407 e. The zero-order chi connectivity index (χ0) is 33.6. The highest BCUT2D eigenvalue weighted by Crippen LogP contribution is 2.12. The second kappa shape index (κ2) is 18.4. The average Bonchev–Trinajstić information content (AvgIpc) is 2.98. The molecule has 2 aromatic carbocycles. The summed E-state index contributed by atoms with van der Waals surface area (Å²) in [7, 11) is 0. The highest BCUT2D eigenvalue weighted by atomic mass is 16.6. The van der Waals surface area contributed by atoms with Gasteiger partial charge in [0.15, 0.2) is 0 Å². The van der Waals surface area contributed by atoms with Crippen molar-refractivity contribution in [1.82, 2.24) is 21.3 Å². The number of benzene rings is 2. The molecule has 0 heterocycles. The van der Waals surface area contributed by atoms with Crippen LogP contribution in [0.4, 0.5) is 4.79 Å². The van der Waals surface area contributed by atoms with Crippen LogP contribution in [0.1, 0.15) is 45.7 Å². The van der Waals surface area contributed by atoms with E-state index in [0.29, 0.717) is 12.8 Å². The molecule has 3 amide bonds. The van der Waals surface area contributed by atoms with Crippen molar-refractivity contribution in [2.45, 2.75) is 89.4 Å². The van der Waals surface area contributed by atoms with E-state index in [-0.39, 0.29) is 19.0 Å². The number of hydrogen-bond acceptors (Lipinski definition) is 9. The first-order valence-corrected chi connectivity index (χ1v) is 15.3. The number of aliphatic hydroxyl groups is 3. The molecule has 0 spiro atoms. The molecule has 0 saturated heterocycles. The summed E-state index contributed by atoms with van der Waals surface area (Å²) in [5, 5.41) is 42.8. The normalized spacial score (nSPS) is 15.7. The van der Waals surface area contributed by atoms with Gasteiger partial charge in [-0.1, -0.05) is 74.5 Å². The number of carbonyl (C=O) groups excluding carboxylic acids is 3. The number of nitrogens with two attached hydrogens (primary N) is 1. The van der Waals surface area contributed by atoms with E-state index >= 15 is 0 Å². The Labute approximate surface area is 266 Å². The predicted octanol–water partition coefficient (Wildman–Crippen LogP) is 0.622. The summed E-state index contributed by atoms with van der Waals surface area (Å²) in [4.78, 5) is 38.2. The third kappa shape index (κ3) is 14.0. The van der Waals surface area contributed by atoms with Crippen LogP contribution in [0.15, 0.2) is 60.7 Å². The van der Waals surface area contributed by atoms with Crippen LogP contribution < -0.4 is 27.0 Å². The van der Waals surface area contributed by atoms with E-state index in [1.165, 1.54) is 0 Å². The number of nitrogens with one attached hydrogen (secondary N) is 4. The molecule has 0 aliphatic carbocycles. The fourth-order valence-electron chi connectivity index (χ4n) is 4.58. The third-order valence-corrected chi connectivity index (χ3v) is 7.04. The maximum atomic E-state index is 13.3. The van der Waals surface area contributed by atoms with Crippen molar-refractivity contribution < 1.29 is 34.4 Å². The number of aliphatic hydroxyl groups excluding tert-OH is 3. The summed E-state index contributed by atoms with van der Waals surface area (Å²) in [5.41, 5.74) is 6.69. The zero-order valence-corrected chi connectivity index (χ0v) is 26.9. The quantitative estimate of drug-likeness (QED) is 0.124. The molecule has 2 aromatic rings. The summed E-state index contributed by atoms with van der Waals surface area (Å²) in [5.74, 6) is -1.47. The number of hydrogen-bond donors (Lipinski definition) is 8. The Balaban J connectivity index is 2.12. The molecule has 9 N–H and O–H groups in total. The van der Waals surface area contributed by atoms with Gasteiger partial charge in [-0.3, -0.25) is 9.59 Å². The molecule has 12 nitrogen and oxygen atoms in total. The van der Waals surface area contributed by atoms with Gasteiger partial charge >= 0.3 is 6.09 Å². The van der Waals surface area contributed by atoms with Gasteiger partial charge in [0.25, 0.3) is 0 Å². The maximum absolute atomic E-state index is 13.3. The topological polar surface area (TPSA) is 195 Å². The van der Waals surface area contributed by atoms with Gasteiger partial charge in [-0.2, -0.15) is 0 Å². The molecule has 0 aromatic heterocycles. The lowest BCUT2D eigenvalue weighted by molar-refractivity contribution is -0.132. The smallest absolute Gasteiger partial charge is 0.407 e. The highest BCUT2D eigenvalue weighted by Gasteiger charge is 2.31. The summed E-state index contributed by atoms with van der Waals surface area (Å²) in [6.07, 6.45) is -2.14. The van der Waals surface area contributed by atoms with Gasteiger partial charge in [-0.05, 0) is 50.7 Å². The van der Waals surface area contributed by atoms with Crippen LogP contribution in [0.5, 0.6) is 0 Å². The molecule has 12 heteroatoms. The molecule has 0 bridgehead atoms. The first-order valence-electron chi connectivity index (χ1n) is 15.3. The van der Waals surface area contributed by atoms with Gasteiger partial charge in [0.05, 0.1) is 30.9 Å². The minimum atomic E-state index is -1.17. The van der Waals surface area contributed by atoms with Crippen molar-refractivity contribution >= 4 is 17.9 Å². The lowest BCUT2D eigenvalue weighted by atomic mass is 9.98. The van der Waals surface area contributed by atoms with Crippen LogP contribution in [0.25, 0.3) is 0 Å². The number of alkyl carbamates (subject to hydrolysis) is 1. The van der Waals surface area contributed by atoms with Gasteiger partial charge in [-0.25, -0.2) is 4.79 Å². The average molecular weight is 630 g/mol. The molecule has 6 atom stereocenters. The van der Waals surface area contributed by atoms with Crippen molar-refractivity contribution in [2.24, 2.45) is 11.7 Å². The van der Waals surface area contributed by atoms with Crippen molar-refractivity contribution in [3.63, 3.8) is 0 Å². The van der Waals surface area contributed by atoms with Crippen molar-refractivity contribution in [2.75, 3.05) is 19.7 Å². The number of carbonyl (C=O) groups is 3. The summed E-state index contributed by atoms with van der Waals surface area (Å²) in [6.45, 7) is 8.26. The molecule has 0 radical (unpaired) electrons. The first-order chi connectivity index (χ1) is 21.2. The largest absolute Gasteiger partial charge is 0.444 e. The SMILES string of the molecule is CC(C)[C@H](NC(=O)[C@@H](N)CO)C(=O)N[C@@H](Cc1ccccc1)[C@H](O)CNC[C@@H](O)[C@H](Cc1ccccc1)NC(=O)OC(C)(C)C. The van der Waals surface area contributed by atoms with E-state index in [0.717, 1.165) is 11.1 Å². The van der Waals surface area contributed by atoms with Crippen LogP contribution in [0.2, 0.25) is 0 Å². The molecule has 2 rings (SSSR count). The zero-order valence-electron chi connectivity index (χ0n) is 26.9. The first kappa shape index (κ1) is 37.6. The third-order valence-electron chi connectivity index (χ3n) is 7.04. The van der Waals surface area contributed by atoms with Crippen LogP contribution in [0, 0.1) is 5.92 Å². The fourth-order valence-corrected chi connectivity index (χ4v) is 4.58. The van der Waals surface area contributed by atoms with E-state index in [2.05, 4.69) is 21.3 Å². The minimum Gasteiger partial charge on any atom is -0.444 e. The van der Waals surface area contributed by atoms with Gasteiger partial charge in [0, 0.05) is 13.1 Å². The Morgan fingerprint density at radius 2 is 1.24 bits per heavy atom. The molecule has 0 fully saturated rings. The van der Waals surface area contributed by atoms with Gasteiger partial charge in [-0.15, -0.1) is 0 Å². The van der Waals surface area contributed by atoms with Crippen molar-refractivity contribution in [3.8, 4) is 0 Å². The van der Waals surface area contributed by atoms with Gasteiger partial charge < -0.3 is 47.1 Å². The van der Waals surface area contributed by atoms with Crippen LogP contribution in [-0.2, 0) is 27.2 Å². The summed E-state index contributed by atoms with van der Waals surface area (Å²) in [6, 6.07) is 15.2. The van der Waals surface area contributed by atoms with Gasteiger partial charge in [0.2, 0.25) is 11.8 Å². The Kier molecular flexibility index (Phi) is 15.4. The fraction of sp³-hybridized carbons (Fsp3) is 0.545. The predicted molar refractivity (Wildman–Crippen MR) is 172 cm³/mol. The van der Waals surface area contributed by atoms with Crippen LogP contribution in [0.3, 0.4) is 0 Å². The summed E-state index contributed by atoms with van der Waals surface area (Å²) >= 11 is 0. The number of ether oxygens (including phenoxy) is 1. The van der Waals surface area contributed by atoms with Crippen LogP contribution in [-0.4, -0.2) is 94.9 Å². The standard InChI is InChI=1S/C33H51N5O7/c1-21(2)29(38-30(42)24(34)20-39)31(43)36-25(16-22-12-8-6-9-13-22)27(40)18-35-19-28(41)26(17-23-14-10-7-11-15-23)37-32(44)45-33(3,4)5/h6-15,21,24-29,35,39-41H,16-20,34H2,1-5H3,(H,36,43)(H,37,44)(H,38,42)/t24-,25-,26-,27+,28+,29-/m0/s1. The molecular weight excluding hydrogens is 578 g/mol. The molecule has 250 valence electrons.